The number of ketones is 1. The number of rotatable bonds is 7. The number of ether oxygens (including phenoxy) is 1. The van der Waals surface area contributed by atoms with Crippen LogP contribution in [0.3, 0.4) is 0 Å². The molecule has 0 saturated heterocycles. The molecule has 148 valence electrons. The molecule has 0 radical (unpaired) electrons. The maximum atomic E-state index is 12.5. The van der Waals surface area contributed by atoms with Crippen molar-refractivity contribution in [3.8, 4) is 17.3 Å². The molecule has 4 aromatic rings. The summed E-state index contributed by atoms with van der Waals surface area (Å²) >= 11 is 7.41. The van der Waals surface area contributed by atoms with Crippen molar-refractivity contribution in [2.45, 2.75) is 18.6 Å². The van der Waals surface area contributed by atoms with Crippen LogP contribution in [0.5, 0.6) is 5.75 Å². The summed E-state index contributed by atoms with van der Waals surface area (Å²) < 4.78 is 13.0. The molecular formula is C21H18ClN3O3S. The molecule has 4 rings (SSSR count). The number of hydrogen-bond acceptors (Lipinski definition) is 6. The molecule has 0 atom stereocenters. The van der Waals surface area contributed by atoms with E-state index in [4.69, 9.17) is 20.8 Å². The van der Waals surface area contributed by atoms with E-state index < -0.39 is 0 Å². The Kier molecular flexibility index (Phi) is 5.60. The Hall–Kier alpha value is -2.77. The largest absolute Gasteiger partial charge is 0.497 e. The van der Waals surface area contributed by atoms with Gasteiger partial charge in [-0.3, -0.25) is 9.36 Å². The highest BCUT2D eigenvalue weighted by Gasteiger charge is 2.18. The smallest absolute Gasteiger partial charge is 0.200 e. The van der Waals surface area contributed by atoms with Crippen molar-refractivity contribution in [3.63, 3.8) is 0 Å². The van der Waals surface area contributed by atoms with Gasteiger partial charge in [0.25, 0.3) is 0 Å². The third kappa shape index (κ3) is 4.02. The molecule has 0 fully saturated rings. The highest BCUT2D eigenvalue weighted by Crippen LogP contribution is 2.30. The summed E-state index contributed by atoms with van der Waals surface area (Å²) in [5, 5.41) is 10.8. The quantitative estimate of drug-likeness (QED) is 0.292. The van der Waals surface area contributed by atoms with Crippen molar-refractivity contribution < 1.29 is 13.9 Å². The summed E-state index contributed by atoms with van der Waals surface area (Å²) in [6, 6.07) is 14.4. The molecule has 0 saturated carbocycles. The number of hydrogen-bond donors (Lipinski definition) is 0. The number of thioether (sulfide) groups is 1. The van der Waals surface area contributed by atoms with Crippen LogP contribution in [0.15, 0.2) is 58.1 Å². The van der Waals surface area contributed by atoms with Gasteiger partial charge in [0.05, 0.1) is 12.9 Å². The van der Waals surface area contributed by atoms with Gasteiger partial charge in [-0.25, -0.2) is 0 Å². The number of methoxy groups -OCH3 is 1. The Morgan fingerprint density at radius 3 is 2.69 bits per heavy atom. The molecule has 0 aliphatic carbocycles. The molecule has 0 aliphatic heterocycles. The number of furan rings is 1. The number of halogens is 1. The first-order valence-electron chi connectivity index (χ1n) is 9.01. The predicted molar refractivity (Wildman–Crippen MR) is 114 cm³/mol. The molecule has 6 nitrogen and oxygen atoms in total. The van der Waals surface area contributed by atoms with Gasteiger partial charge in [0.1, 0.15) is 11.3 Å². The van der Waals surface area contributed by atoms with Crippen molar-refractivity contribution in [2.75, 3.05) is 12.9 Å². The first-order chi connectivity index (χ1) is 14.1. The van der Waals surface area contributed by atoms with E-state index in [1.807, 2.05) is 29.7 Å². The van der Waals surface area contributed by atoms with Crippen LogP contribution >= 0.6 is 23.4 Å². The third-order valence-electron chi connectivity index (χ3n) is 4.48. The van der Waals surface area contributed by atoms with Gasteiger partial charge in [0, 0.05) is 22.5 Å². The summed E-state index contributed by atoms with van der Waals surface area (Å²) in [5.74, 6) is 2.24. The monoisotopic (exact) mass is 427 g/mol. The van der Waals surface area contributed by atoms with Gasteiger partial charge in [0.15, 0.2) is 16.7 Å². The van der Waals surface area contributed by atoms with Gasteiger partial charge in [-0.2, -0.15) is 0 Å². The highest BCUT2D eigenvalue weighted by molar-refractivity contribution is 7.99. The molecule has 2 aromatic heterocycles. The second-order valence-corrected chi connectivity index (χ2v) is 7.66. The summed E-state index contributed by atoms with van der Waals surface area (Å²) in [7, 11) is 1.60. The van der Waals surface area contributed by atoms with Gasteiger partial charge in [-0.15, -0.1) is 10.2 Å². The fraction of sp³-hybridized carbons (Fsp3) is 0.190. The number of aromatic nitrogens is 3. The first kappa shape index (κ1) is 19.5. The molecule has 0 amide bonds. The van der Waals surface area contributed by atoms with Gasteiger partial charge in [-0.1, -0.05) is 23.4 Å². The van der Waals surface area contributed by atoms with E-state index in [2.05, 4.69) is 10.2 Å². The van der Waals surface area contributed by atoms with Crippen LogP contribution in [-0.4, -0.2) is 33.4 Å². The zero-order valence-electron chi connectivity index (χ0n) is 15.9. The Morgan fingerprint density at radius 1 is 1.17 bits per heavy atom. The molecular weight excluding hydrogens is 410 g/mol. The summed E-state index contributed by atoms with van der Waals surface area (Å²) in [6.07, 6.45) is 0. The SMILES string of the molecule is CCn1c(SCC(=O)c2ccc(OC)cc2)nnc1-c1cc2cc(Cl)ccc2o1. The van der Waals surface area contributed by atoms with Crippen molar-refractivity contribution in [2.24, 2.45) is 0 Å². The lowest BCUT2D eigenvalue weighted by atomic mass is 10.1. The number of carbonyl (C=O) groups is 1. The Balaban J connectivity index is 1.54. The van der Waals surface area contributed by atoms with Crippen LogP contribution in [-0.2, 0) is 6.54 Å². The number of carbonyl (C=O) groups excluding carboxylic acids is 1. The molecule has 0 spiro atoms. The van der Waals surface area contributed by atoms with Gasteiger partial charge < -0.3 is 9.15 Å². The first-order valence-corrected chi connectivity index (χ1v) is 10.4. The molecule has 0 aliphatic rings. The molecule has 0 unspecified atom stereocenters. The van der Waals surface area contributed by atoms with Crippen LogP contribution < -0.4 is 4.74 Å². The summed E-state index contributed by atoms with van der Waals surface area (Å²) in [5.41, 5.74) is 1.37. The maximum absolute atomic E-state index is 12.5. The maximum Gasteiger partial charge on any atom is 0.200 e. The molecule has 0 N–H and O–H groups in total. The Morgan fingerprint density at radius 2 is 1.97 bits per heavy atom. The number of nitrogens with zero attached hydrogens (tertiary/aromatic N) is 3. The fourth-order valence-corrected chi connectivity index (χ4v) is 4.05. The third-order valence-corrected chi connectivity index (χ3v) is 5.68. The van der Waals surface area contributed by atoms with E-state index in [1.54, 1.807) is 37.4 Å². The van der Waals surface area contributed by atoms with Gasteiger partial charge in [-0.05, 0) is 55.5 Å². The Bertz CT molecular complexity index is 1170. The van der Waals surface area contributed by atoms with Crippen LogP contribution in [0, 0.1) is 0 Å². The molecule has 0 bridgehead atoms. The standard InChI is InChI=1S/C21H18ClN3O3S/c1-3-25-20(19-11-14-10-15(22)6-9-18(14)28-19)23-24-21(25)29-12-17(26)13-4-7-16(27-2)8-5-13/h4-11H,3,12H2,1-2H3. The second-order valence-electron chi connectivity index (χ2n) is 6.28. The zero-order chi connectivity index (χ0) is 20.4. The van der Waals surface area contributed by atoms with Gasteiger partial charge >= 0.3 is 0 Å². The van der Waals surface area contributed by atoms with E-state index in [0.717, 1.165) is 16.7 Å². The topological polar surface area (TPSA) is 70.2 Å². The average Bonchev–Trinajstić information content (AvgIpc) is 3.34. The average molecular weight is 428 g/mol. The van der Waals surface area contributed by atoms with Gasteiger partial charge in [0.2, 0.25) is 5.82 Å². The van der Waals surface area contributed by atoms with E-state index in [0.29, 0.717) is 33.9 Å². The summed E-state index contributed by atoms with van der Waals surface area (Å²) in [6.45, 7) is 2.65. The minimum absolute atomic E-state index is 0.0169. The number of fused-ring (bicyclic) bond motifs is 1. The van der Waals surface area contributed by atoms with E-state index >= 15 is 0 Å². The number of benzene rings is 2. The normalized spacial score (nSPS) is 11.1. The lowest BCUT2D eigenvalue weighted by Crippen LogP contribution is -2.05. The van der Waals surface area contributed by atoms with E-state index in [1.165, 1.54) is 11.8 Å². The minimum Gasteiger partial charge on any atom is -0.497 e. The van der Waals surface area contributed by atoms with Crippen molar-refractivity contribution in [1.29, 1.82) is 0 Å². The van der Waals surface area contributed by atoms with E-state index in [9.17, 15) is 4.79 Å². The number of Topliss-reactive ketones (excluding diaryl/α,β-unsaturated/α-hetero) is 1. The highest BCUT2D eigenvalue weighted by atomic mass is 35.5. The predicted octanol–water partition coefficient (Wildman–Crippen LogP) is 5.35. The minimum atomic E-state index is 0.0169. The lowest BCUT2D eigenvalue weighted by Gasteiger charge is -2.06. The van der Waals surface area contributed by atoms with Crippen molar-refractivity contribution in [3.05, 3.63) is 59.1 Å². The van der Waals surface area contributed by atoms with Crippen LogP contribution in [0.1, 0.15) is 17.3 Å². The van der Waals surface area contributed by atoms with Crippen LogP contribution in [0.2, 0.25) is 5.02 Å². The second kappa shape index (κ2) is 8.31. The Labute approximate surface area is 176 Å². The van der Waals surface area contributed by atoms with Crippen LogP contribution in [0.4, 0.5) is 0 Å². The van der Waals surface area contributed by atoms with E-state index in [-0.39, 0.29) is 11.5 Å². The van der Waals surface area contributed by atoms with Crippen LogP contribution in [0.25, 0.3) is 22.6 Å². The molecule has 2 aromatic carbocycles. The fourth-order valence-electron chi connectivity index (χ4n) is 2.98. The van der Waals surface area contributed by atoms with Crippen molar-refractivity contribution >= 4 is 40.1 Å². The molecule has 2 heterocycles. The van der Waals surface area contributed by atoms with Crippen molar-refractivity contribution in [1.82, 2.24) is 14.8 Å². The zero-order valence-corrected chi connectivity index (χ0v) is 17.5. The molecule has 8 heteroatoms. The lowest BCUT2D eigenvalue weighted by molar-refractivity contribution is 0.102. The summed E-state index contributed by atoms with van der Waals surface area (Å²) in [4.78, 5) is 12.5. The molecule has 29 heavy (non-hydrogen) atoms.